The quantitative estimate of drug-likeness (QED) is 0.886. The first-order chi connectivity index (χ1) is 9.86. The average Bonchev–Trinajstić information content (AvgIpc) is 2.53. The van der Waals surface area contributed by atoms with Crippen LogP contribution in [0.5, 0.6) is 5.88 Å². The monoisotopic (exact) mass is 270 g/mol. The zero-order valence-electron chi connectivity index (χ0n) is 11.5. The zero-order valence-corrected chi connectivity index (χ0v) is 11.5. The summed E-state index contributed by atoms with van der Waals surface area (Å²) in [5, 5.41) is 6.58. The predicted octanol–water partition coefficient (Wildman–Crippen LogP) is 1.74. The highest BCUT2D eigenvalue weighted by Crippen LogP contribution is 2.23. The number of anilines is 1. The number of nitrogens with zero attached hydrogens (tertiary/aromatic N) is 2. The van der Waals surface area contributed by atoms with Crippen molar-refractivity contribution in [1.82, 2.24) is 15.3 Å². The Bertz CT molecular complexity index is 569. The van der Waals surface area contributed by atoms with Crippen molar-refractivity contribution in [2.75, 3.05) is 19.0 Å². The Hall–Kier alpha value is -2.14. The van der Waals surface area contributed by atoms with Crippen LogP contribution < -0.4 is 15.4 Å². The molecule has 0 bridgehead atoms. The summed E-state index contributed by atoms with van der Waals surface area (Å²) < 4.78 is 5.37. The lowest BCUT2D eigenvalue weighted by Gasteiger charge is -2.19. The van der Waals surface area contributed by atoms with Gasteiger partial charge in [-0.3, -0.25) is 0 Å². The van der Waals surface area contributed by atoms with E-state index in [1.807, 2.05) is 18.2 Å². The fourth-order valence-corrected chi connectivity index (χ4v) is 2.34. The summed E-state index contributed by atoms with van der Waals surface area (Å²) >= 11 is 0. The highest BCUT2D eigenvalue weighted by molar-refractivity contribution is 5.40. The maximum atomic E-state index is 5.37. The summed E-state index contributed by atoms with van der Waals surface area (Å²) in [6.45, 7) is 2.43. The van der Waals surface area contributed by atoms with Crippen molar-refractivity contribution >= 4 is 5.95 Å². The number of ether oxygens (including phenoxy) is 1. The standard InChI is InChI=1S/C15H18N4O/c1-20-14-12-10-16-8-7-13(12)18-15(19-14)17-9-11-5-3-2-4-6-11/h2-6,16H,7-10H2,1H3,(H,17,18,19). The lowest BCUT2D eigenvalue weighted by Crippen LogP contribution is -2.26. The van der Waals surface area contributed by atoms with Gasteiger partial charge in [-0.05, 0) is 5.56 Å². The van der Waals surface area contributed by atoms with Gasteiger partial charge in [0.15, 0.2) is 0 Å². The Kier molecular flexibility index (Phi) is 3.78. The molecule has 0 saturated heterocycles. The van der Waals surface area contributed by atoms with Gasteiger partial charge in [0.25, 0.3) is 0 Å². The molecule has 5 nitrogen and oxygen atoms in total. The molecule has 0 amide bonds. The van der Waals surface area contributed by atoms with Gasteiger partial charge in [0, 0.05) is 31.6 Å². The lowest BCUT2D eigenvalue weighted by molar-refractivity contribution is 0.386. The molecule has 0 unspecified atom stereocenters. The van der Waals surface area contributed by atoms with E-state index in [1.165, 1.54) is 5.56 Å². The maximum absolute atomic E-state index is 5.37. The van der Waals surface area contributed by atoms with E-state index in [0.717, 1.165) is 30.8 Å². The number of nitrogens with one attached hydrogen (secondary N) is 2. The fraction of sp³-hybridized carbons (Fsp3) is 0.333. The third-order valence-corrected chi connectivity index (χ3v) is 3.38. The van der Waals surface area contributed by atoms with E-state index in [2.05, 4.69) is 32.7 Å². The number of hydrogen-bond acceptors (Lipinski definition) is 5. The van der Waals surface area contributed by atoms with Crippen LogP contribution >= 0.6 is 0 Å². The second-order valence-electron chi connectivity index (χ2n) is 4.75. The zero-order chi connectivity index (χ0) is 13.8. The summed E-state index contributed by atoms with van der Waals surface area (Å²) in [6, 6.07) is 10.2. The smallest absolute Gasteiger partial charge is 0.226 e. The Balaban J connectivity index is 1.79. The number of hydrogen-bond donors (Lipinski definition) is 2. The molecule has 0 radical (unpaired) electrons. The van der Waals surface area contributed by atoms with Crippen LogP contribution in [-0.4, -0.2) is 23.6 Å². The first kappa shape index (κ1) is 12.9. The molecule has 2 heterocycles. The summed E-state index contributed by atoms with van der Waals surface area (Å²) in [5.74, 6) is 1.30. The number of aromatic nitrogens is 2. The van der Waals surface area contributed by atoms with Gasteiger partial charge in [0.2, 0.25) is 11.8 Å². The van der Waals surface area contributed by atoms with Crippen molar-refractivity contribution in [2.24, 2.45) is 0 Å². The van der Waals surface area contributed by atoms with E-state index in [9.17, 15) is 0 Å². The molecule has 0 fully saturated rings. The van der Waals surface area contributed by atoms with Crippen LogP contribution in [-0.2, 0) is 19.5 Å². The molecule has 0 atom stereocenters. The Morgan fingerprint density at radius 2 is 2.10 bits per heavy atom. The number of rotatable bonds is 4. The number of methoxy groups -OCH3 is 1. The molecule has 1 aromatic carbocycles. The van der Waals surface area contributed by atoms with Crippen LogP contribution in [0.1, 0.15) is 16.8 Å². The van der Waals surface area contributed by atoms with E-state index >= 15 is 0 Å². The van der Waals surface area contributed by atoms with Gasteiger partial charge in [-0.2, -0.15) is 4.98 Å². The first-order valence-electron chi connectivity index (χ1n) is 6.79. The van der Waals surface area contributed by atoms with Crippen molar-refractivity contribution in [3.63, 3.8) is 0 Å². The Morgan fingerprint density at radius 1 is 1.25 bits per heavy atom. The van der Waals surface area contributed by atoms with Crippen molar-refractivity contribution in [3.05, 3.63) is 47.2 Å². The minimum absolute atomic E-state index is 0.631. The third-order valence-electron chi connectivity index (χ3n) is 3.38. The highest BCUT2D eigenvalue weighted by Gasteiger charge is 2.17. The molecule has 1 aromatic heterocycles. The number of benzene rings is 1. The third kappa shape index (κ3) is 2.72. The molecule has 0 aliphatic carbocycles. The molecule has 104 valence electrons. The van der Waals surface area contributed by atoms with Crippen LogP contribution in [0.15, 0.2) is 30.3 Å². The molecule has 20 heavy (non-hydrogen) atoms. The highest BCUT2D eigenvalue weighted by atomic mass is 16.5. The fourth-order valence-electron chi connectivity index (χ4n) is 2.34. The summed E-state index contributed by atoms with van der Waals surface area (Å²) in [4.78, 5) is 9.03. The van der Waals surface area contributed by atoms with E-state index in [-0.39, 0.29) is 0 Å². The van der Waals surface area contributed by atoms with E-state index in [0.29, 0.717) is 18.4 Å². The van der Waals surface area contributed by atoms with Gasteiger partial charge in [-0.25, -0.2) is 4.98 Å². The molecule has 1 aliphatic heterocycles. The molecule has 0 saturated carbocycles. The summed E-state index contributed by atoms with van der Waals surface area (Å²) in [5.41, 5.74) is 3.35. The SMILES string of the molecule is COc1nc(NCc2ccccc2)nc2c1CNCC2. The van der Waals surface area contributed by atoms with Crippen LogP contribution in [0.2, 0.25) is 0 Å². The molecule has 0 spiro atoms. The molecule has 3 rings (SSSR count). The summed E-state index contributed by atoms with van der Waals surface area (Å²) in [7, 11) is 1.65. The largest absolute Gasteiger partial charge is 0.481 e. The second-order valence-corrected chi connectivity index (χ2v) is 4.75. The minimum Gasteiger partial charge on any atom is -0.481 e. The van der Waals surface area contributed by atoms with Gasteiger partial charge >= 0.3 is 0 Å². The van der Waals surface area contributed by atoms with Gasteiger partial charge in [0.1, 0.15) is 0 Å². The van der Waals surface area contributed by atoms with Crippen molar-refractivity contribution in [1.29, 1.82) is 0 Å². The Morgan fingerprint density at radius 3 is 2.90 bits per heavy atom. The summed E-state index contributed by atoms with van der Waals surface area (Å²) in [6.07, 6.45) is 0.911. The van der Waals surface area contributed by atoms with Crippen LogP contribution in [0.25, 0.3) is 0 Å². The van der Waals surface area contributed by atoms with Crippen molar-refractivity contribution in [3.8, 4) is 5.88 Å². The topological polar surface area (TPSA) is 59.1 Å². The van der Waals surface area contributed by atoms with Crippen LogP contribution in [0.3, 0.4) is 0 Å². The average molecular weight is 270 g/mol. The van der Waals surface area contributed by atoms with Gasteiger partial charge in [0.05, 0.1) is 12.8 Å². The molecular weight excluding hydrogens is 252 g/mol. The molecule has 1 aliphatic rings. The van der Waals surface area contributed by atoms with Gasteiger partial charge < -0.3 is 15.4 Å². The minimum atomic E-state index is 0.631. The predicted molar refractivity (Wildman–Crippen MR) is 77.8 cm³/mol. The second kappa shape index (κ2) is 5.88. The van der Waals surface area contributed by atoms with Gasteiger partial charge in [-0.1, -0.05) is 30.3 Å². The van der Waals surface area contributed by atoms with Crippen LogP contribution in [0, 0.1) is 0 Å². The van der Waals surface area contributed by atoms with Crippen molar-refractivity contribution in [2.45, 2.75) is 19.5 Å². The molecule has 2 N–H and O–H groups in total. The first-order valence-corrected chi connectivity index (χ1v) is 6.79. The van der Waals surface area contributed by atoms with E-state index < -0.39 is 0 Å². The maximum Gasteiger partial charge on any atom is 0.226 e. The van der Waals surface area contributed by atoms with E-state index in [1.54, 1.807) is 7.11 Å². The lowest BCUT2D eigenvalue weighted by atomic mass is 10.1. The Labute approximate surface area is 118 Å². The van der Waals surface area contributed by atoms with E-state index in [4.69, 9.17) is 4.74 Å². The van der Waals surface area contributed by atoms with Gasteiger partial charge in [-0.15, -0.1) is 0 Å². The van der Waals surface area contributed by atoms with Crippen LogP contribution in [0.4, 0.5) is 5.95 Å². The molecule has 5 heteroatoms. The van der Waals surface area contributed by atoms with Crippen molar-refractivity contribution < 1.29 is 4.74 Å². The molecular formula is C15H18N4O. The molecule has 2 aromatic rings. The normalized spacial score (nSPS) is 13.7. The number of fused-ring (bicyclic) bond motifs is 1.